The van der Waals surface area contributed by atoms with Crippen molar-refractivity contribution in [3.63, 3.8) is 0 Å². The number of carbonyl (C=O) groups excluding carboxylic acids is 1. The van der Waals surface area contributed by atoms with Crippen LogP contribution >= 0.6 is 0 Å². The maximum atomic E-state index is 12.4. The predicted molar refractivity (Wildman–Crippen MR) is 95.6 cm³/mol. The van der Waals surface area contributed by atoms with Crippen molar-refractivity contribution in [2.24, 2.45) is 5.92 Å². The molecule has 25 heavy (non-hydrogen) atoms. The summed E-state index contributed by atoms with van der Waals surface area (Å²) in [6.07, 6.45) is 4.44. The average Bonchev–Trinajstić information content (AvgIpc) is 3.32. The summed E-state index contributed by atoms with van der Waals surface area (Å²) < 4.78 is 3.44. The zero-order valence-corrected chi connectivity index (χ0v) is 15.2. The number of aromatic nitrogens is 4. The average molecular weight is 343 g/mol. The highest BCUT2D eigenvalue weighted by Gasteiger charge is 2.31. The number of rotatable bonds is 6. The Morgan fingerprint density at radius 3 is 2.72 bits per heavy atom. The minimum absolute atomic E-state index is 0.125. The SMILES string of the molecule is Cc1cc(C)n(CCC(=O)Nc2c(C)cnn2C(C)C2CC2)c(=O)n1. The van der Waals surface area contributed by atoms with Gasteiger partial charge in [-0.2, -0.15) is 10.1 Å². The molecular formula is C18H25N5O2. The lowest BCUT2D eigenvalue weighted by Gasteiger charge is -2.16. The summed E-state index contributed by atoms with van der Waals surface area (Å²) in [7, 11) is 0. The summed E-state index contributed by atoms with van der Waals surface area (Å²) in [6, 6.07) is 2.13. The van der Waals surface area contributed by atoms with Gasteiger partial charge >= 0.3 is 5.69 Å². The van der Waals surface area contributed by atoms with Gasteiger partial charge < -0.3 is 5.32 Å². The molecule has 1 N–H and O–H groups in total. The highest BCUT2D eigenvalue weighted by atomic mass is 16.2. The van der Waals surface area contributed by atoms with E-state index < -0.39 is 0 Å². The smallest absolute Gasteiger partial charge is 0.311 e. The number of nitrogens with one attached hydrogen (secondary N) is 1. The van der Waals surface area contributed by atoms with Crippen LogP contribution in [0, 0.1) is 26.7 Å². The zero-order valence-electron chi connectivity index (χ0n) is 15.2. The Balaban J connectivity index is 1.68. The Morgan fingerprint density at radius 2 is 2.08 bits per heavy atom. The predicted octanol–water partition coefficient (Wildman–Crippen LogP) is 2.36. The molecule has 0 bridgehead atoms. The number of carbonyl (C=O) groups is 1. The first-order chi connectivity index (χ1) is 11.9. The van der Waals surface area contributed by atoms with Gasteiger partial charge in [-0.25, -0.2) is 9.48 Å². The van der Waals surface area contributed by atoms with E-state index in [0.717, 1.165) is 17.1 Å². The molecule has 1 atom stereocenters. The summed E-state index contributed by atoms with van der Waals surface area (Å²) in [5.74, 6) is 1.28. The van der Waals surface area contributed by atoms with E-state index in [0.29, 0.717) is 18.2 Å². The molecule has 134 valence electrons. The molecule has 1 aliphatic rings. The van der Waals surface area contributed by atoms with Crippen LogP contribution in [0.1, 0.15) is 49.2 Å². The number of hydrogen-bond acceptors (Lipinski definition) is 4. The van der Waals surface area contributed by atoms with Gasteiger partial charge in [0.1, 0.15) is 5.82 Å². The first-order valence-corrected chi connectivity index (χ1v) is 8.76. The molecule has 1 saturated carbocycles. The van der Waals surface area contributed by atoms with Crippen LogP contribution in [0.2, 0.25) is 0 Å². The zero-order chi connectivity index (χ0) is 18.1. The molecule has 0 spiro atoms. The second kappa shape index (κ2) is 6.82. The first-order valence-electron chi connectivity index (χ1n) is 8.76. The number of amides is 1. The van der Waals surface area contributed by atoms with Crippen molar-refractivity contribution >= 4 is 11.7 Å². The Hall–Kier alpha value is -2.44. The fourth-order valence-corrected chi connectivity index (χ4v) is 3.15. The van der Waals surface area contributed by atoms with E-state index in [-0.39, 0.29) is 24.1 Å². The van der Waals surface area contributed by atoms with E-state index >= 15 is 0 Å². The third-order valence-electron chi connectivity index (χ3n) is 4.84. The van der Waals surface area contributed by atoms with Crippen LogP contribution in [-0.2, 0) is 11.3 Å². The van der Waals surface area contributed by atoms with E-state index in [2.05, 4.69) is 22.3 Å². The van der Waals surface area contributed by atoms with Crippen LogP contribution in [0.5, 0.6) is 0 Å². The first kappa shape index (κ1) is 17.4. The van der Waals surface area contributed by atoms with E-state index in [1.165, 1.54) is 17.4 Å². The molecule has 0 aromatic carbocycles. The van der Waals surface area contributed by atoms with Crippen LogP contribution in [0.3, 0.4) is 0 Å². The quantitative estimate of drug-likeness (QED) is 0.873. The van der Waals surface area contributed by atoms with Gasteiger partial charge in [0.15, 0.2) is 0 Å². The molecule has 1 fully saturated rings. The van der Waals surface area contributed by atoms with Crippen molar-refractivity contribution in [2.75, 3.05) is 5.32 Å². The molecule has 2 heterocycles. The highest BCUT2D eigenvalue weighted by molar-refractivity contribution is 5.90. The molecule has 2 aromatic heterocycles. The number of nitrogens with zero attached hydrogens (tertiary/aromatic N) is 4. The summed E-state index contributed by atoms with van der Waals surface area (Å²) >= 11 is 0. The standard InChI is InChI=1S/C18H25N5O2/c1-11-10-19-23(14(4)15-5-6-15)17(11)21-16(24)7-8-22-13(3)9-12(2)20-18(22)25/h9-10,14-15H,5-8H2,1-4H3,(H,21,24). The van der Waals surface area contributed by atoms with Crippen LogP contribution < -0.4 is 11.0 Å². The highest BCUT2D eigenvalue weighted by Crippen LogP contribution is 2.40. The third-order valence-corrected chi connectivity index (χ3v) is 4.84. The Labute approximate surface area is 147 Å². The molecule has 1 amide bonds. The maximum absolute atomic E-state index is 12.4. The lowest BCUT2D eigenvalue weighted by atomic mass is 10.2. The fraction of sp³-hybridized carbons (Fsp3) is 0.556. The summed E-state index contributed by atoms with van der Waals surface area (Å²) in [4.78, 5) is 28.3. The molecule has 1 unspecified atom stereocenters. The maximum Gasteiger partial charge on any atom is 0.347 e. The van der Waals surface area contributed by atoms with E-state index in [1.807, 2.05) is 24.6 Å². The lowest BCUT2D eigenvalue weighted by molar-refractivity contribution is -0.116. The van der Waals surface area contributed by atoms with Gasteiger partial charge in [-0.05, 0) is 52.5 Å². The Kier molecular flexibility index (Phi) is 4.74. The Morgan fingerprint density at radius 1 is 1.36 bits per heavy atom. The molecule has 0 aliphatic heterocycles. The van der Waals surface area contributed by atoms with Gasteiger partial charge in [0.25, 0.3) is 0 Å². The van der Waals surface area contributed by atoms with Gasteiger partial charge in [0.05, 0.1) is 12.2 Å². The number of hydrogen-bond donors (Lipinski definition) is 1. The molecule has 3 rings (SSSR count). The minimum atomic E-state index is -0.311. The van der Waals surface area contributed by atoms with Gasteiger partial charge in [0, 0.05) is 29.9 Å². The molecule has 7 heteroatoms. The van der Waals surface area contributed by atoms with Gasteiger partial charge in [-0.3, -0.25) is 9.36 Å². The summed E-state index contributed by atoms with van der Waals surface area (Å²) in [5, 5.41) is 7.39. The van der Waals surface area contributed by atoms with Crippen LogP contribution in [-0.4, -0.2) is 25.2 Å². The van der Waals surface area contributed by atoms with Crippen molar-refractivity contribution in [1.82, 2.24) is 19.3 Å². The van der Waals surface area contributed by atoms with E-state index in [9.17, 15) is 9.59 Å². The van der Waals surface area contributed by atoms with Crippen molar-refractivity contribution in [2.45, 2.75) is 59.5 Å². The van der Waals surface area contributed by atoms with Crippen LogP contribution in [0.4, 0.5) is 5.82 Å². The molecule has 1 aliphatic carbocycles. The largest absolute Gasteiger partial charge is 0.347 e. The normalized spacial score (nSPS) is 15.2. The minimum Gasteiger partial charge on any atom is -0.311 e. The van der Waals surface area contributed by atoms with Gasteiger partial charge in [-0.15, -0.1) is 0 Å². The molecular weight excluding hydrogens is 318 g/mol. The number of aryl methyl sites for hydroxylation is 3. The van der Waals surface area contributed by atoms with Crippen molar-refractivity contribution in [3.8, 4) is 0 Å². The van der Waals surface area contributed by atoms with Gasteiger partial charge in [-0.1, -0.05) is 0 Å². The van der Waals surface area contributed by atoms with Crippen molar-refractivity contribution < 1.29 is 4.79 Å². The Bertz CT molecular complexity index is 848. The third kappa shape index (κ3) is 3.81. The number of anilines is 1. The molecule has 2 aromatic rings. The van der Waals surface area contributed by atoms with Gasteiger partial charge in [0.2, 0.25) is 5.91 Å². The lowest BCUT2D eigenvalue weighted by Crippen LogP contribution is -2.28. The summed E-state index contributed by atoms with van der Waals surface area (Å²) in [6.45, 7) is 8.04. The summed E-state index contributed by atoms with van der Waals surface area (Å²) in [5.41, 5.74) is 2.14. The molecule has 0 saturated heterocycles. The van der Waals surface area contributed by atoms with E-state index in [4.69, 9.17) is 0 Å². The van der Waals surface area contributed by atoms with Crippen LogP contribution in [0.25, 0.3) is 0 Å². The monoisotopic (exact) mass is 343 g/mol. The van der Waals surface area contributed by atoms with Crippen LogP contribution in [0.15, 0.2) is 17.1 Å². The molecule has 0 radical (unpaired) electrons. The van der Waals surface area contributed by atoms with E-state index in [1.54, 1.807) is 13.1 Å². The fourth-order valence-electron chi connectivity index (χ4n) is 3.15. The van der Waals surface area contributed by atoms with Crippen molar-refractivity contribution in [1.29, 1.82) is 0 Å². The van der Waals surface area contributed by atoms with Crippen molar-refractivity contribution in [3.05, 3.63) is 39.7 Å². The topological polar surface area (TPSA) is 81.8 Å². The second-order valence-electron chi connectivity index (χ2n) is 6.97. The second-order valence-corrected chi connectivity index (χ2v) is 6.97. The molecule has 7 nitrogen and oxygen atoms in total.